The highest BCUT2D eigenvalue weighted by molar-refractivity contribution is 6.38. The Balaban J connectivity index is 1.49. The lowest BCUT2D eigenvalue weighted by atomic mass is 9.83. The second-order valence-corrected chi connectivity index (χ2v) is 18.3. The van der Waals surface area contributed by atoms with Crippen molar-refractivity contribution in [3.05, 3.63) is 60.2 Å². The van der Waals surface area contributed by atoms with Crippen molar-refractivity contribution in [3.8, 4) is 0 Å². The van der Waals surface area contributed by atoms with Crippen LogP contribution in [0.1, 0.15) is 109 Å². The van der Waals surface area contributed by atoms with Crippen LogP contribution in [0.15, 0.2) is 48.9 Å². The van der Waals surface area contributed by atoms with E-state index in [4.69, 9.17) is 4.74 Å². The maximum atomic E-state index is 14.2. The van der Waals surface area contributed by atoms with Crippen LogP contribution >= 0.6 is 0 Å². The summed E-state index contributed by atoms with van der Waals surface area (Å²) in [5.41, 5.74) is -0.353. The first kappa shape index (κ1) is 52.2. The molecule has 66 heavy (non-hydrogen) atoms. The molecule has 6 atom stereocenters. The molecule has 4 rings (SSSR count). The normalized spacial score (nSPS) is 18.1. The second-order valence-electron chi connectivity index (χ2n) is 18.3. The average Bonchev–Trinajstić information content (AvgIpc) is 3.71. The Morgan fingerprint density at radius 1 is 0.864 bits per heavy atom. The number of aromatic nitrogens is 2. The van der Waals surface area contributed by atoms with Crippen LogP contribution in [0, 0.1) is 17.8 Å². The summed E-state index contributed by atoms with van der Waals surface area (Å²) in [4.78, 5) is 132. The van der Waals surface area contributed by atoms with Crippen LogP contribution in [-0.4, -0.2) is 136 Å². The monoisotopic (exact) mass is 918 g/mol. The molecule has 0 bridgehead atoms. The molecule has 1 saturated carbocycles. The molecule has 2 heterocycles. The molecular weight excluding hydrogens is 853 g/mol. The van der Waals surface area contributed by atoms with Gasteiger partial charge in [-0.05, 0) is 57.4 Å². The quantitative estimate of drug-likeness (QED) is 0.110. The van der Waals surface area contributed by atoms with Gasteiger partial charge in [-0.15, -0.1) is 0 Å². The zero-order valence-corrected chi connectivity index (χ0v) is 39.2. The van der Waals surface area contributed by atoms with Crippen molar-refractivity contribution in [1.82, 2.24) is 51.7 Å². The van der Waals surface area contributed by atoms with E-state index in [1.807, 2.05) is 0 Å². The Kier molecular flexibility index (Phi) is 19.1. The van der Waals surface area contributed by atoms with E-state index in [1.165, 1.54) is 42.5 Å². The Morgan fingerprint density at radius 2 is 1.55 bits per heavy atom. The molecule has 20 nitrogen and oxygen atoms in total. The number of likely N-dealkylation sites (tertiary alicyclic amines) is 1. The van der Waals surface area contributed by atoms with Gasteiger partial charge < -0.3 is 46.4 Å². The first-order valence-corrected chi connectivity index (χ1v) is 22.5. The van der Waals surface area contributed by atoms with Gasteiger partial charge in [0.05, 0.1) is 30.7 Å². The summed E-state index contributed by atoms with van der Waals surface area (Å²) in [5.74, 6) is -7.72. The minimum atomic E-state index is -1.35. The Hall–Kier alpha value is -6.47. The van der Waals surface area contributed by atoms with E-state index in [2.05, 4.69) is 41.9 Å². The van der Waals surface area contributed by atoms with Crippen LogP contribution in [0.25, 0.3) is 0 Å². The van der Waals surface area contributed by atoms with Crippen molar-refractivity contribution in [2.24, 2.45) is 17.8 Å². The molecule has 1 saturated heterocycles. The third kappa shape index (κ3) is 15.0. The molecule has 0 radical (unpaired) electrons. The highest BCUT2D eigenvalue weighted by Gasteiger charge is 2.44. The summed E-state index contributed by atoms with van der Waals surface area (Å²) in [6.07, 6.45) is 7.83. The summed E-state index contributed by atoms with van der Waals surface area (Å²) in [6.45, 7) is 9.19. The molecule has 2 aromatic rings. The predicted molar refractivity (Wildman–Crippen MR) is 241 cm³/mol. The highest BCUT2D eigenvalue weighted by atomic mass is 16.6. The zero-order chi connectivity index (χ0) is 48.7. The second kappa shape index (κ2) is 24.2. The van der Waals surface area contributed by atoms with Crippen molar-refractivity contribution < 1.29 is 47.9 Å². The van der Waals surface area contributed by atoms with Gasteiger partial charge in [0.15, 0.2) is 0 Å². The van der Waals surface area contributed by atoms with Crippen LogP contribution < -0.4 is 31.9 Å². The average molecular weight is 919 g/mol. The van der Waals surface area contributed by atoms with E-state index in [0.29, 0.717) is 24.8 Å². The Labute approximate surface area is 385 Å². The number of carbonyl (C=O) groups excluding carboxylic acids is 9. The zero-order valence-electron chi connectivity index (χ0n) is 39.2. The van der Waals surface area contributed by atoms with E-state index in [9.17, 15) is 43.2 Å². The van der Waals surface area contributed by atoms with Gasteiger partial charge in [-0.3, -0.25) is 43.3 Å². The number of nitrogens with zero attached hydrogens (tertiary/aromatic N) is 4. The third-order valence-electron chi connectivity index (χ3n) is 11.3. The number of ketones is 1. The molecule has 1 aliphatic carbocycles. The fourth-order valence-corrected chi connectivity index (χ4v) is 7.88. The van der Waals surface area contributed by atoms with Crippen LogP contribution in [0.3, 0.4) is 0 Å². The molecule has 2 fully saturated rings. The Morgan fingerprint density at radius 3 is 2.14 bits per heavy atom. The predicted octanol–water partition coefficient (Wildman–Crippen LogP) is 1.56. The standard InChI is InChI=1S/C46H66N10O10/c1-9-16-31(38(58)43(63)49-24-34(57)52-37(44(64)55(7)8)29-19-14-11-15-20-29)50-39(59)30-25-56(45(65)66-46(4,5)6)26-33(30)51-41(61)35(27(2)3)53-42(62)36(28-17-12-10-13-18-28)54-40(60)32-23-47-21-22-48-32/h11,14-15,19-23,27-28,30-31,33,35-37H,9-10,12-13,16-18,24-26H2,1-8H3,(H,49,63)(H,50,59)(H,51,61)(H,52,57)(H,53,62)(H,54,60)/t30-,31+,33+,35+,36+,37+/m1/s1. The van der Waals surface area contributed by atoms with Gasteiger partial charge in [-0.25, -0.2) is 9.78 Å². The lowest BCUT2D eigenvalue weighted by molar-refractivity contribution is -0.141. The molecule has 1 aromatic heterocycles. The molecule has 6 N–H and O–H groups in total. The lowest BCUT2D eigenvalue weighted by Gasteiger charge is -2.32. The van der Waals surface area contributed by atoms with Gasteiger partial charge in [0.2, 0.25) is 35.3 Å². The maximum absolute atomic E-state index is 14.2. The SMILES string of the molecule is CCC[C@H](NC(=O)[C@@H]1CN(C(=O)OC(C)(C)C)C[C@@H]1NC(=O)[C@@H](NC(=O)[C@@H](NC(=O)c1cnccn1)C1CCCCC1)C(C)C)C(=O)C(=O)NCC(=O)N[C@H](C(=O)N(C)C)c1ccccc1. The van der Waals surface area contributed by atoms with Crippen LogP contribution in [0.2, 0.25) is 0 Å². The van der Waals surface area contributed by atoms with Crippen molar-refractivity contribution in [3.63, 3.8) is 0 Å². The number of benzene rings is 1. The number of ether oxygens (including phenoxy) is 1. The number of hydrogen-bond acceptors (Lipinski definition) is 12. The minimum Gasteiger partial charge on any atom is -0.444 e. The van der Waals surface area contributed by atoms with E-state index in [-0.39, 0.29) is 31.1 Å². The number of likely N-dealkylation sites (N-methyl/N-ethyl adjacent to an activating group) is 1. The fraction of sp³-hybridized carbons (Fsp3) is 0.587. The molecular formula is C46H66N10O10. The van der Waals surface area contributed by atoms with E-state index in [1.54, 1.807) is 71.9 Å². The first-order valence-electron chi connectivity index (χ1n) is 22.5. The first-order chi connectivity index (χ1) is 31.2. The molecule has 0 spiro atoms. The number of rotatable bonds is 19. The van der Waals surface area contributed by atoms with Gasteiger partial charge in [0.25, 0.3) is 11.8 Å². The summed E-state index contributed by atoms with van der Waals surface area (Å²) < 4.78 is 5.58. The van der Waals surface area contributed by atoms with Gasteiger partial charge in [0.1, 0.15) is 29.4 Å². The maximum Gasteiger partial charge on any atom is 0.410 e. The molecule has 20 heteroatoms. The summed E-state index contributed by atoms with van der Waals surface area (Å²) in [5, 5.41) is 16.0. The molecule has 360 valence electrons. The van der Waals surface area contributed by atoms with Crippen molar-refractivity contribution in [2.75, 3.05) is 33.7 Å². The van der Waals surface area contributed by atoms with Gasteiger partial charge >= 0.3 is 6.09 Å². The molecule has 1 aliphatic heterocycles. The van der Waals surface area contributed by atoms with Gasteiger partial charge in [-0.2, -0.15) is 0 Å². The number of Topliss-reactive ketones (excluding diaryl/α,β-unsaturated/α-hetero) is 1. The number of carbonyl (C=O) groups is 9. The van der Waals surface area contributed by atoms with Gasteiger partial charge in [-0.1, -0.05) is 76.8 Å². The number of hydrogen-bond donors (Lipinski definition) is 6. The molecule has 1 aromatic carbocycles. The summed E-state index contributed by atoms with van der Waals surface area (Å²) in [7, 11) is 3.07. The molecule has 0 unspecified atom stereocenters. The highest BCUT2D eigenvalue weighted by Crippen LogP contribution is 2.28. The molecule has 8 amide bonds. The minimum absolute atomic E-state index is 0.0300. The van der Waals surface area contributed by atoms with Crippen LogP contribution in [0.5, 0.6) is 0 Å². The fourth-order valence-electron chi connectivity index (χ4n) is 7.88. The van der Waals surface area contributed by atoms with Crippen molar-refractivity contribution in [2.45, 2.75) is 122 Å². The summed E-state index contributed by atoms with van der Waals surface area (Å²) in [6, 6.07) is 2.94. The van der Waals surface area contributed by atoms with Crippen LogP contribution in [0.4, 0.5) is 4.79 Å². The van der Waals surface area contributed by atoms with E-state index >= 15 is 0 Å². The van der Waals surface area contributed by atoms with E-state index < -0.39 is 107 Å². The number of amides is 8. The van der Waals surface area contributed by atoms with Crippen molar-refractivity contribution >= 4 is 53.2 Å². The van der Waals surface area contributed by atoms with Gasteiger partial charge in [0, 0.05) is 39.6 Å². The Bertz CT molecular complexity index is 2040. The summed E-state index contributed by atoms with van der Waals surface area (Å²) >= 11 is 0. The molecule has 2 aliphatic rings. The smallest absolute Gasteiger partial charge is 0.410 e. The van der Waals surface area contributed by atoms with E-state index in [0.717, 1.165) is 19.3 Å². The van der Waals surface area contributed by atoms with Crippen molar-refractivity contribution in [1.29, 1.82) is 0 Å². The third-order valence-corrected chi connectivity index (χ3v) is 11.3. The number of nitrogens with one attached hydrogen (secondary N) is 6. The lowest BCUT2D eigenvalue weighted by Crippen LogP contribution is -2.59. The van der Waals surface area contributed by atoms with Crippen LogP contribution in [-0.2, 0) is 38.3 Å². The largest absolute Gasteiger partial charge is 0.444 e. The topological polar surface area (TPSA) is 267 Å².